The summed E-state index contributed by atoms with van der Waals surface area (Å²) in [4.78, 5) is 36.0. The van der Waals surface area contributed by atoms with Crippen molar-refractivity contribution in [2.75, 3.05) is 4.90 Å². The highest BCUT2D eigenvalue weighted by Gasteiger charge is 2.42. The molecule has 2 aliphatic rings. The van der Waals surface area contributed by atoms with Crippen molar-refractivity contribution in [1.29, 1.82) is 0 Å². The maximum Gasteiger partial charge on any atom is 0.338 e. The summed E-state index contributed by atoms with van der Waals surface area (Å²) in [5, 5.41) is 0. The van der Waals surface area contributed by atoms with Crippen LogP contribution in [0.4, 0.5) is 5.69 Å². The van der Waals surface area contributed by atoms with Crippen LogP contribution < -0.4 is 16.4 Å². The van der Waals surface area contributed by atoms with E-state index < -0.39 is 17.7 Å². The fourth-order valence-corrected chi connectivity index (χ4v) is 4.48. The van der Waals surface area contributed by atoms with Gasteiger partial charge in [-0.05, 0) is 63.8 Å². The Morgan fingerprint density at radius 1 is 0.970 bits per heavy atom. The summed E-state index contributed by atoms with van der Waals surface area (Å²) in [5.41, 5.74) is 14.3. The van der Waals surface area contributed by atoms with E-state index in [2.05, 4.69) is 9.98 Å². The monoisotopic (exact) mass is 447 g/mol. The van der Waals surface area contributed by atoms with Crippen molar-refractivity contribution in [3.63, 3.8) is 0 Å². The van der Waals surface area contributed by atoms with Crippen LogP contribution in [0.2, 0.25) is 0 Å². The third-order valence-electron chi connectivity index (χ3n) is 6.20. The molecule has 33 heavy (non-hydrogen) atoms. The van der Waals surface area contributed by atoms with Gasteiger partial charge in [0.25, 0.3) is 0 Å². The minimum atomic E-state index is -0.896. The molecule has 2 aromatic rings. The van der Waals surface area contributed by atoms with Crippen LogP contribution in [0.25, 0.3) is 0 Å². The van der Waals surface area contributed by atoms with E-state index >= 15 is 0 Å². The first-order valence-corrected chi connectivity index (χ1v) is 11.2. The predicted molar refractivity (Wildman–Crippen MR) is 128 cm³/mol. The summed E-state index contributed by atoms with van der Waals surface area (Å²) < 4.78 is 5.42. The van der Waals surface area contributed by atoms with Crippen molar-refractivity contribution >= 4 is 29.4 Å². The molecule has 1 atom stereocenters. The second-order valence-electron chi connectivity index (χ2n) is 8.64. The van der Waals surface area contributed by atoms with Crippen molar-refractivity contribution in [1.82, 2.24) is 0 Å². The molecule has 0 amide bonds. The predicted octanol–water partition coefficient (Wildman–Crippen LogP) is 3.53. The fraction of sp³-hybridized carbons (Fsp3) is 0.360. The molecule has 4 N–H and O–H groups in total. The number of hydrogen-bond acceptors (Lipinski definition) is 8. The number of guanidine groups is 2. The lowest BCUT2D eigenvalue weighted by Gasteiger charge is -2.45. The molecule has 2 aromatic carbocycles. The number of aliphatic imine (C=N–C) groups is 2. The molecule has 0 saturated heterocycles. The Morgan fingerprint density at radius 2 is 1.58 bits per heavy atom. The Morgan fingerprint density at radius 3 is 2.21 bits per heavy atom. The van der Waals surface area contributed by atoms with Crippen molar-refractivity contribution in [3.05, 3.63) is 65.2 Å². The molecule has 0 radical (unpaired) electrons. The minimum absolute atomic E-state index is 0.193. The number of carbonyl (C=O) groups excluding carboxylic acids is 2. The average molecular weight is 448 g/mol. The van der Waals surface area contributed by atoms with Crippen LogP contribution in [0.15, 0.2) is 58.5 Å². The molecule has 1 spiro atoms. The lowest BCUT2D eigenvalue weighted by molar-refractivity contribution is 0.0319. The van der Waals surface area contributed by atoms with E-state index in [4.69, 9.17) is 16.2 Å². The number of hydrogen-bond donors (Lipinski definition) is 2. The molecule has 0 aromatic heterocycles. The number of aryl methyl sites for hydroxylation is 1. The van der Waals surface area contributed by atoms with Gasteiger partial charge in [0.05, 0.1) is 5.56 Å². The second-order valence-corrected chi connectivity index (χ2v) is 8.64. The van der Waals surface area contributed by atoms with Crippen molar-refractivity contribution in [2.24, 2.45) is 21.5 Å². The van der Waals surface area contributed by atoms with E-state index in [-0.39, 0.29) is 17.7 Å². The Balaban J connectivity index is 1.49. The third kappa shape index (κ3) is 4.60. The summed E-state index contributed by atoms with van der Waals surface area (Å²) in [6.45, 7) is 3.52. The van der Waals surface area contributed by atoms with Crippen LogP contribution >= 0.6 is 0 Å². The second kappa shape index (κ2) is 9.05. The van der Waals surface area contributed by atoms with Crippen molar-refractivity contribution in [2.45, 2.75) is 57.7 Å². The first kappa shape index (κ1) is 22.5. The summed E-state index contributed by atoms with van der Waals surface area (Å²) >= 11 is 0. The first-order chi connectivity index (χ1) is 15.8. The van der Waals surface area contributed by atoms with Crippen LogP contribution in [0.1, 0.15) is 65.3 Å². The summed E-state index contributed by atoms with van der Waals surface area (Å²) in [6.07, 6.45) is 3.95. The zero-order valence-electron chi connectivity index (χ0n) is 19.0. The normalized spacial score (nSPS) is 18.3. The SMILES string of the molecule is Cc1ccc(C(=O)C(C)OC(=O)c2ccc(N3C(N)=NC(N)=NC34CCCCC4)cc2)cc1. The Bertz CT molecular complexity index is 1100. The molecule has 4 rings (SSSR count). The topological polar surface area (TPSA) is 123 Å². The molecule has 8 heteroatoms. The number of esters is 1. The molecule has 1 aliphatic carbocycles. The molecule has 8 nitrogen and oxygen atoms in total. The van der Waals surface area contributed by atoms with Gasteiger partial charge in [0, 0.05) is 11.3 Å². The average Bonchev–Trinajstić information content (AvgIpc) is 2.79. The number of anilines is 1. The van der Waals surface area contributed by atoms with Crippen molar-refractivity contribution in [3.8, 4) is 0 Å². The highest BCUT2D eigenvalue weighted by atomic mass is 16.5. The van der Waals surface area contributed by atoms with E-state index in [0.717, 1.165) is 43.4 Å². The molecular formula is C25H29N5O3. The number of rotatable bonds is 5. The number of carbonyl (C=O) groups is 2. The standard InChI is InChI=1S/C25H29N5O3/c1-16-6-8-18(9-7-16)21(31)17(2)33-22(32)19-10-12-20(13-11-19)30-24(27)28-23(26)29-25(30)14-4-3-5-15-25/h6-13,17H,3-5,14-15H2,1-2H3,(H4,26,27,28,29). The molecule has 1 unspecified atom stereocenters. The van der Waals surface area contributed by atoms with Crippen LogP contribution in [0.5, 0.6) is 0 Å². The Hall–Kier alpha value is -3.68. The van der Waals surface area contributed by atoms with E-state index in [1.54, 1.807) is 43.3 Å². The van der Waals surface area contributed by atoms with E-state index in [9.17, 15) is 9.59 Å². The number of benzene rings is 2. The smallest absolute Gasteiger partial charge is 0.338 e. The van der Waals surface area contributed by atoms with Gasteiger partial charge in [-0.2, -0.15) is 4.99 Å². The molecule has 1 aliphatic heterocycles. The molecule has 1 fully saturated rings. The third-order valence-corrected chi connectivity index (χ3v) is 6.20. The first-order valence-electron chi connectivity index (χ1n) is 11.2. The lowest BCUT2D eigenvalue weighted by atomic mass is 9.87. The largest absolute Gasteiger partial charge is 0.451 e. The summed E-state index contributed by atoms with van der Waals surface area (Å²) in [7, 11) is 0. The lowest BCUT2D eigenvalue weighted by Crippen LogP contribution is -2.58. The van der Waals surface area contributed by atoms with E-state index in [1.165, 1.54) is 0 Å². The van der Waals surface area contributed by atoms with Crippen molar-refractivity contribution < 1.29 is 14.3 Å². The Labute approximate surface area is 193 Å². The van der Waals surface area contributed by atoms with E-state index in [0.29, 0.717) is 11.1 Å². The number of Topliss-reactive ketones (excluding diaryl/α,β-unsaturated/α-hetero) is 1. The maximum absolute atomic E-state index is 12.7. The van der Waals surface area contributed by atoms with Crippen LogP contribution in [-0.2, 0) is 4.74 Å². The van der Waals surface area contributed by atoms with Gasteiger partial charge in [-0.15, -0.1) is 0 Å². The van der Waals surface area contributed by atoms with Gasteiger partial charge in [0.1, 0.15) is 5.66 Å². The minimum Gasteiger partial charge on any atom is -0.451 e. The van der Waals surface area contributed by atoms with Crippen LogP contribution in [-0.4, -0.2) is 35.4 Å². The molecule has 172 valence electrons. The van der Waals surface area contributed by atoms with Gasteiger partial charge >= 0.3 is 5.97 Å². The van der Waals surface area contributed by atoms with Gasteiger partial charge in [0.2, 0.25) is 17.7 Å². The highest BCUT2D eigenvalue weighted by Crippen LogP contribution is 2.39. The summed E-state index contributed by atoms with van der Waals surface area (Å²) in [6, 6.07) is 14.1. The highest BCUT2D eigenvalue weighted by molar-refractivity contribution is 6.06. The van der Waals surface area contributed by atoms with Gasteiger partial charge in [-0.25, -0.2) is 9.79 Å². The van der Waals surface area contributed by atoms with Gasteiger partial charge < -0.3 is 16.2 Å². The number of nitrogens with zero attached hydrogens (tertiary/aromatic N) is 3. The number of ketones is 1. The number of nitrogens with two attached hydrogens (primary N) is 2. The molecule has 0 bridgehead atoms. The summed E-state index contributed by atoms with van der Waals surface area (Å²) in [5.74, 6) is -0.327. The Kier molecular flexibility index (Phi) is 6.18. The van der Waals surface area contributed by atoms with Crippen LogP contribution in [0, 0.1) is 6.92 Å². The zero-order chi connectivity index (χ0) is 23.6. The molecule has 1 heterocycles. The van der Waals surface area contributed by atoms with E-state index in [1.807, 2.05) is 24.0 Å². The maximum atomic E-state index is 12.7. The number of ether oxygens (including phenoxy) is 1. The zero-order valence-corrected chi connectivity index (χ0v) is 19.0. The fourth-order valence-electron chi connectivity index (χ4n) is 4.48. The van der Waals surface area contributed by atoms with Gasteiger partial charge in [-0.3, -0.25) is 9.69 Å². The molecular weight excluding hydrogens is 418 g/mol. The van der Waals surface area contributed by atoms with Gasteiger partial charge in [0.15, 0.2) is 6.10 Å². The van der Waals surface area contributed by atoms with Gasteiger partial charge in [-0.1, -0.05) is 36.2 Å². The van der Waals surface area contributed by atoms with Crippen LogP contribution in [0.3, 0.4) is 0 Å². The molecule has 1 saturated carbocycles. The quantitative estimate of drug-likeness (QED) is 0.534.